The van der Waals surface area contributed by atoms with Crippen LogP contribution in [0, 0.1) is 0 Å². The Bertz CT molecular complexity index is 6.85. The predicted molar refractivity (Wildman–Crippen MR) is 2.06 cm³/mol. The maximum Gasteiger partial charge on any atom is 6.00 e. The van der Waals surface area contributed by atoms with Crippen molar-refractivity contribution in [2.24, 2.45) is 0 Å². The van der Waals surface area contributed by atoms with Gasteiger partial charge in [-0.3, -0.25) is 0 Å². The fraction of sp³-hybridized carbons (Fsp3) is 0. The molecule has 0 spiro atoms. The molecule has 0 aromatic carbocycles. The molecule has 0 saturated carbocycles. The van der Waals surface area contributed by atoms with Gasteiger partial charge >= 0.3 is 21.1 Å². The van der Waals surface area contributed by atoms with Crippen LogP contribution in [0.5, 0.6) is 0 Å². The van der Waals surface area contributed by atoms with E-state index in [4.69, 9.17) is 0 Å². The summed E-state index contributed by atoms with van der Waals surface area (Å²) in [4.78, 5) is 0. The van der Waals surface area contributed by atoms with Gasteiger partial charge in [0.1, 0.15) is 0 Å². The van der Waals surface area contributed by atoms with Crippen LogP contribution in [0.1, 0.15) is 0 Å². The Hall–Kier alpha value is 1.23. The van der Waals surface area contributed by atoms with Gasteiger partial charge in [-0.05, 0) is 0 Å². The minimum atomic E-state index is 0. The third-order valence-corrected chi connectivity index (χ3v) is 0. The van der Waals surface area contributed by atoms with E-state index in [9.17, 15) is 0 Å². The summed E-state index contributed by atoms with van der Waals surface area (Å²) < 4.78 is 0. The van der Waals surface area contributed by atoms with Crippen molar-refractivity contribution in [3.63, 3.8) is 0 Å². The molecule has 1 radical (unpaired) electrons. The van der Waals surface area contributed by atoms with Gasteiger partial charge in [0.05, 0.1) is 0 Å². The van der Waals surface area contributed by atoms with E-state index >= 15 is 0 Å². The Labute approximate surface area is 58.0 Å². The van der Waals surface area contributed by atoms with Gasteiger partial charge in [-0.1, -0.05) is 0 Å². The summed E-state index contributed by atoms with van der Waals surface area (Å²) in [5.41, 5.74) is 0. The molecular formula is MoO3Re. The average molecular weight is 330 g/mol. The van der Waals surface area contributed by atoms with Crippen LogP contribution in [-0.2, 0) is 57.9 Å². The number of rotatable bonds is 0. The quantitative estimate of drug-likeness (QED) is 0.543. The molecule has 0 unspecified atom stereocenters. The van der Waals surface area contributed by atoms with Gasteiger partial charge in [-0.15, -0.1) is 0 Å². The van der Waals surface area contributed by atoms with Crippen LogP contribution >= 0.6 is 0 Å². The summed E-state index contributed by atoms with van der Waals surface area (Å²) in [6, 6.07) is 0. The van der Waals surface area contributed by atoms with Crippen molar-refractivity contribution in [1.82, 2.24) is 0 Å². The molecule has 5 heavy (non-hydrogen) atoms. The van der Waals surface area contributed by atoms with E-state index in [0.29, 0.717) is 0 Å². The SMILES string of the molecule is [Mo+6].[O-2].[O-2].[O-2].[Re]. The fourth-order valence-corrected chi connectivity index (χ4v) is 0. The zero-order chi connectivity index (χ0) is 0. The third-order valence-electron chi connectivity index (χ3n) is 0. The minimum absolute atomic E-state index is 0. The fourth-order valence-electron chi connectivity index (χ4n) is 0. The van der Waals surface area contributed by atoms with E-state index < -0.39 is 0 Å². The van der Waals surface area contributed by atoms with Crippen molar-refractivity contribution in [3.8, 4) is 0 Å². The smallest absolute Gasteiger partial charge is 2.00 e. The molecule has 0 bridgehead atoms. The Kier molecular flexibility index (Phi) is 1390. The first kappa shape index (κ1) is 113. The van der Waals surface area contributed by atoms with Gasteiger partial charge in [0, 0.05) is 20.4 Å². The summed E-state index contributed by atoms with van der Waals surface area (Å²) in [5.74, 6) is 0. The second kappa shape index (κ2) is 61.8. The molecule has 31 valence electrons. The van der Waals surface area contributed by atoms with Gasteiger partial charge in [-0.25, -0.2) is 0 Å². The molecule has 5 heteroatoms. The van der Waals surface area contributed by atoms with E-state index in [0.717, 1.165) is 0 Å². The molecule has 0 aliphatic rings. The van der Waals surface area contributed by atoms with Crippen LogP contribution in [-0.4, -0.2) is 0 Å². The molecule has 0 heterocycles. The Morgan fingerprint density at radius 1 is 0.600 bits per heavy atom. The van der Waals surface area contributed by atoms with Gasteiger partial charge in [0.25, 0.3) is 0 Å². The van der Waals surface area contributed by atoms with Gasteiger partial charge in [-0.2, -0.15) is 0 Å². The van der Waals surface area contributed by atoms with Crippen molar-refractivity contribution in [2.45, 2.75) is 0 Å². The molecule has 0 N–H and O–H groups in total. The van der Waals surface area contributed by atoms with E-state index in [-0.39, 0.29) is 57.9 Å². The Morgan fingerprint density at radius 2 is 0.600 bits per heavy atom. The molecule has 0 saturated heterocycles. The number of hydrogen-bond acceptors (Lipinski definition) is 0. The first-order chi connectivity index (χ1) is 0. The topological polar surface area (TPSA) is 85.5 Å². The van der Waals surface area contributed by atoms with E-state index in [1.54, 1.807) is 0 Å². The van der Waals surface area contributed by atoms with Crippen LogP contribution in [0.4, 0.5) is 0 Å². The predicted octanol–water partition coefficient (Wildman–Crippen LogP) is -0.361. The van der Waals surface area contributed by atoms with E-state index in [1.807, 2.05) is 0 Å². The molecule has 0 rings (SSSR count). The molecule has 0 aliphatic carbocycles. The minimum Gasteiger partial charge on any atom is -2.00 e. The zero-order valence-corrected chi connectivity index (χ0v) is 6.73. The second-order valence-corrected chi connectivity index (χ2v) is 0. The monoisotopic (exact) mass is 333 g/mol. The Morgan fingerprint density at radius 3 is 0.600 bits per heavy atom. The first-order valence-corrected chi connectivity index (χ1v) is 0. The van der Waals surface area contributed by atoms with Crippen LogP contribution in [0.2, 0.25) is 0 Å². The molecule has 0 atom stereocenters. The van der Waals surface area contributed by atoms with E-state index in [1.165, 1.54) is 0 Å². The first-order valence-electron chi connectivity index (χ1n) is 0. The summed E-state index contributed by atoms with van der Waals surface area (Å²) in [6.07, 6.45) is 0. The summed E-state index contributed by atoms with van der Waals surface area (Å²) >= 11 is 0. The third kappa shape index (κ3) is 36.0. The summed E-state index contributed by atoms with van der Waals surface area (Å²) in [7, 11) is 0. The van der Waals surface area contributed by atoms with Crippen molar-refractivity contribution in [3.05, 3.63) is 0 Å². The molecule has 0 aromatic heterocycles. The van der Waals surface area contributed by atoms with Gasteiger partial charge in [0.15, 0.2) is 0 Å². The molecular weight excluding hydrogens is 330 g/mol. The standard InChI is InChI=1S/Mo.3O.Re/q+6;3*-2;. The summed E-state index contributed by atoms with van der Waals surface area (Å²) in [5, 5.41) is 0. The van der Waals surface area contributed by atoms with Crippen LogP contribution in [0.25, 0.3) is 0 Å². The zero-order valence-electron chi connectivity index (χ0n) is 2.01. The van der Waals surface area contributed by atoms with Gasteiger partial charge < -0.3 is 16.4 Å². The van der Waals surface area contributed by atoms with Crippen molar-refractivity contribution in [1.29, 1.82) is 0 Å². The average Bonchev–Trinajstić information content (AvgIpc) is 0. The molecule has 0 aromatic rings. The van der Waals surface area contributed by atoms with Crippen LogP contribution in [0.15, 0.2) is 0 Å². The molecule has 0 amide bonds. The number of hydrogen-bond donors (Lipinski definition) is 0. The van der Waals surface area contributed by atoms with Crippen LogP contribution < -0.4 is 0 Å². The molecule has 3 nitrogen and oxygen atoms in total. The van der Waals surface area contributed by atoms with Crippen molar-refractivity contribution < 1.29 is 57.9 Å². The second-order valence-electron chi connectivity index (χ2n) is 0. The van der Waals surface area contributed by atoms with Crippen molar-refractivity contribution >= 4 is 0 Å². The normalized spacial score (nSPS) is 0. The van der Waals surface area contributed by atoms with E-state index in [2.05, 4.69) is 0 Å². The van der Waals surface area contributed by atoms with Crippen LogP contribution in [0.3, 0.4) is 0 Å². The van der Waals surface area contributed by atoms with Crippen molar-refractivity contribution in [2.75, 3.05) is 0 Å². The largest absolute Gasteiger partial charge is 6.00 e. The molecule has 0 aliphatic heterocycles. The molecule has 0 fully saturated rings. The van der Waals surface area contributed by atoms with Gasteiger partial charge in [0.2, 0.25) is 0 Å². The Balaban J connectivity index is 0. The maximum absolute atomic E-state index is 0. The maximum atomic E-state index is 0. The summed E-state index contributed by atoms with van der Waals surface area (Å²) in [6.45, 7) is 0.